The Balaban J connectivity index is 2.25. The Morgan fingerprint density at radius 1 is 1.33 bits per heavy atom. The molecule has 1 saturated heterocycles. The third-order valence-corrected chi connectivity index (χ3v) is 3.94. The highest BCUT2D eigenvalue weighted by atomic mass is 16.2. The lowest BCUT2D eigenvalue weighted by Crippen LogP contribution is -2.46. The van der Waals surface area contributed by atoms with Gasteiger partial charge in [0.1, 0.15) is 0 Å². The number of carbonyl (C=O) groups excluding carboxylic acids is 1. The van der Waals surface area contributed by atoms with E-state index in [-0.39, 0.29) is 11.9 Å². The minimum absolute atomic E-state index is 0.0200. The number of nitrogens with two attached hydrogens (primary N) is 2. The fraction of sp³-hybridized carbons (Fsp3) is 0.500. The zero-order chi connectivity index (χ0) is 13.3. The third-order valence-electron chi connectivity index (χ3n) is 3.94. The van der Waals surface area contributed by atoms with Crippen molar-refractivity contribution in [2.45, 2.75) is 32.7 Å². The fourth-order valence-electron chi connectivity index (χ4n) is 2.55. The van der Waals surface area contributed by atoms with Gasteiger partial charge in [-0.3, -0.25) is 4.79 Å². The van der Waals surface area contributed by atoms with Crippen LogP contribution in [0.25, 0.3) is 0 Å². The maximum atomic E-state index is 12.5. The smallest absolute Gasteiger partial charge is 0.256 e. The Hall–Kier alpha value is -1.71. The summed E-state index contributed by atoms with van der Waals surface area (Å²) in [7, 11) is 0. The molecular formula is C14H21N3O. The summed E-state index contributed by atoms with van der Waals surface area (Å²) >= 11 is 0. The molecule has 0 aromatic heterocycles. The number of amides is 1. The quantitative estimate of drug-likeness (QED) is 0.746. The molecule has 4 nitrogen and oxygen atoms in total. The second-order valence-corrected chi connectivity index (χ2v) is 5.21. The van der Waals surface area contributed by atoms with Gasteiger partial charge >= 0.3 is 0 Å². The normalized spacial score (nSPS) is 24.0. The lowest BCUT2D eigenvalue weighted by molar-refractivity contribution is 0.0552. The van der Waals surface area contributed by atoms with Crippen LogP contribution in [-0.2, 0) is 0 Å². The van der Waals surface area contributed by atoms with E-state index in [2.05, 4.69) is 13.8 Å². The minimum Gasteiger partial charge on any atom is -0.399 e. The molecule has 98 valence electrons. The van der Waals surface area contributed by atoms with Crippen molar-refractivity contribution in [2.75, 3.05) is 18.0 Å². The van der Waals surface area contributed by atoms with E-state index in [1.807, 2.05) is 4.90 Å². The summed E-state index contributed by atoms with van der Waals surface area (Å²) in [5.74, 6) is 0.559. The molecule has 0 saturated carbocycles. The summed E-state index contributed by atoms with van der Waals surface area (Å²) in [6.45, 7) is 5.11. The number of rotatable bonds is 1. The van der Waals surface area contributed by atoms with E-state index in [9.17, 15) is 4.79 Å². The number of benzene rings is 1. The lowest BCUT2D eigenvalue weighted by atomic mass is 9.91. The Morgan fingerprint density at radius 3 is 2.72 bits per heavy atom. The first kappa shape index (κ1) is 12.7. The van der Waals surface area contributed by atoms with Gasteiger partial charge in [-0.25, -0.2) is 0 Å². The first-order valence-corrected chi connectivity index (χ1v) is 6.46. The molecule has 2 atom stereocenters. The van der Waals surface area contributed by atoms with Crippen molar-refractivity contribution in [1.29, 1.82) is 0 Å². The van der Waals surface area contributed by atoms with E-state index in [1.165, 1.54) is 6.42 Å². The van der Waals surface area contributed by atoms with Crippen molar-refractivity contribution in [3.8, 4) is 0 Å². The van der Waals surface area contributed by atoms with Crippen LogP contribution in [0.3, 0.4) is 0 Å². The second kappa shape index (κ2) is 4.88. The van der Waals surface area contributed by atoms with Crippen molar-refractivity contribution in [3.05, 3.63) is 23.8 Å². The van der Waals surface area contributed by atoms with Gasteiger partial charge in [0.15, 0.2) is 0 Å². The van der Waals surface area contributed by atoms with Crippen LogP contribution in [0.2, 0.25) is 0 Å². The molecule has 1 aromatic rings. The maximum Gasteiger partial charge on any atom is 0.256 e. The van der Waals surface area contributed by atoms with Crippen molar-refractivity contribution >= 4 is 17.3 Å². The van der Waals surface area contributed by atoms with E-state index >= 15 is 0 Å². The molecule has 0 bridgehead atoms. The fourth-order valence-corrected chi connectivity index (χ4v) is 2.55. The van der Waals surface area contributed by atoms with Gasteiger partial charge in [0, 0.05) is 24.0 Å². The molecule has 0 spiro atoms. The van der Waals surface area contributed by atoms with Gasteiger partial charge in [0.25, 0.3) is 5.91 Å². The van der Waals surface area contributed by atoms with Crippen molar-refractivity contribution < 1.29 is 4.79 Å². The molecule has 2 unspecified atom stereocenters. The second-order valence-electron chi connectivity index (χ2n) is 5.21. The van der Waals surface area contributed by atoms with Crippen LogP contribution >= 0.6 is 0 Å². The van der Waals surface area contributed by atoms with E-state index < -0.39 is 0 Å². The number of piperidine rings is 1. The SMILES string of the molecule is CC1CCCN(C(=O)c2ccc(N)cc2N)C1C. The Morgan fingerprint density at radius 2 is 2.06 bits per heavy atom. The van der Waals surface area contributed by atoms with Crippen LogP contribution in [0.1, 0.15) is 37.0 Å². The summed E-state index contributed by atoms with van der Waals surface area (Å²) in [5, 5.41) is 0. The van der Waals surface area contributed by atoms with Crippen molar-refractivity contribution in [3.63, 3.8) is 0 Å². The number of nitrogen functional groups attached to an aromatic ring is 2. The van der Waals surface area contributed by atoms with Crippen LogP contribution < -0.4 is 11.5 Å². The highest BCUT2D eigenvalue weighted by Gasteiger charge is 2.29. The number of likely N-dealkylation sites (tertiary alicyclic amines) is 1. The van der Waals surface area contributed by atoms with Gasteiger partial charge in [-0.2, -0.15) is 0 Å². The lowest BCUT2D eigenvalue weighted by Gasteiger charge is -2.38. The van der Waals surface area contributed by atoms with E-state index in [1.54, 1.807) is 18.2 Å². The molecule has 1 aliphatic heterocycles. The van der Waals surface area contributed by atoms with Crippen molar-refractivity contribution in [2.24, 2.45) is 5.92 Å². The summed E-state index contributed by atoms with van der Waals surface area (Å²) in [6.07, 6.45) is 2.24. The minimum atomic E-state index is 0.0200. The molecule has 18 heavy (non-hydrogen) atoms. The maximum absolute atomic E-state index is 12.5. The zero-order valence-electron chi connectivity index (χ0n) is 11.0. The Bertz CT molecular complexity index is 458. The van der Waals surface area contributed by atoms with Gasteiger partial charge in [-0.15, -0.1) is 0 Å². The van der Waals surface area contributed by atoms with Gasteiger partial charge in [0.05, 0.1) is 5.56 Å². The van der Waals surface area contributed by atoms with Crippen molar-refractivity contribution in [1.82, 2.24) is 4.90 Å². The molecule has 4 N–H and O–H groups in total. The monoisotopic (exact) mass is 247 g/mol. The number of hydrogen-bond donors (Lipinski definition) is 2. The number of hydrogen-bond acceptors (Lipinski definition) is 3. The number of nitrogens with zero attached hydrogens (tertiary/aromatic N) is 1. The van der Waals surface area contributed by atoms with Gasteiger partial charge in [-0.1, -0.05) is 6.92 Å². The average Bonchev–Trinajstić information content (AvgIpc) is 2.32. The zero-order valence-corrected chi connectivity index (χ0v) is 11.0. The van der Waals surface area contributed by atoms with E-state index in [0.29, 0.717) is 22.9 Å². The van der Waals surface area contributed by atoms with E-state index in [4.69, 9.17) is 11.5 Å². The average molecular weight is 247 g/mol. The van der Waals surface area contributed by atoms with Crippen LogP contribution in [-0.4, -0.2) is 23.4 Å². The molecule has 2 rings (SSSR count). The standard InChI is InChI=1S/C14H21N3O/c1-9-4-3-7-17(10(9)2)14(18)12-6-5-11(15)8-13(12)16/h5-6,8-10H,3-4,7,15-16H2,1-2H3. The van der Waals surface area contributed by atoms with Crippen LogP contribution in [0.5, 0.6) is 0 Å². The summed E-state index contributed by atoms with van der Waals surface area (Å²) in [5.41, 5.74) is 13.1. The molecule has 1 fully saturated rings. The van der Waals surface area contributed by atoms with Gasteiger partial charge in [-0.05, 0) is 43.9 Å². The van der Waals surface area contributed by atoms with Gasteiger partial charge < -0.3 is 16.4 Å². The topological polar surface area (TPSA) is 72.3 Å². The number of anilines is 2. The molecular weight excluding hydrogens is 226 g/mol. The summed E-state index contributed by atoms with van der Waals surface area (Å²) in [4.78, 5) is 14.4. The van der Waals surface area contributed by atoms with E-state index in [0.717, 1.165) is 13.0 Å². The van der Waals surface area contributed by atoms with Crippen LogP contribution in [0, 0.1) is 5.92 Å². The van der Waals surface area contributed by atoms with Crippen LogP contribution in [0.4, 0.5) is 11.4 Å². The first-order valence-electron chi connectivity index (χ1n) is 6.46. The predicted molar refractivity (Wildman–Crippen MR) is 74.2 cm³/mol. The molecule has 0 aliphatic carbocycles. The molecule has 1 heterocycles. The summed E-state index contributed by atoms with van der Waals surface area (Å²) < 4.78 is 0. The van der Waals surface area contributed by atoms with Crippen LogP contribution in [0.15, 0.2) is 18.2 Å². The number of carbonyl (C=O) groups is 1. The Kier molecular flexibility index (Phi) is 3.45. The molecule has 1 aromatic carbocycles. The largest absolute Gasteiger partial charge is 0.399 e. The third kappa shape index (κ3) is 2.28. The molecule has 0 radical (unpaired) electrons. The first-order chi connectivity index (χ1) is 8.50. The Labute approximate surface area is 108 Å². The summed E-state index contributed by atoms with van der Waals surface area (Å²) in [6, 6.07) is 5.36. The molecule has 4 heteroatoms. The molecule has 1 aliphatic rings. The molecule has 1 amide bonds. The highest BCUT2D eigenvalue weighted by Crippen LogP contribution is 2.26. The highest BCUT2D eigenvalue weighted by molar-refractivity contribution is 5.99. The predicted octanol–water partition coefficient (Wildman–Crippen LogP) is 2.11. The van der Waals surface area contributed by atoms with Gasteiger partial charge in [0.2, 0.25) is 0 Å².